The van der Waals surface area contributed by atoms with Gasteiger partial charge in [0.25, 0.3) is 0 Å². The first-order valence-electron chi connectivity index (χ1n) is 6.88. The molecule has 0 radical (unpaired) electrons. The third-order valence-corrected chi connectivity index (χ3v) is 4.56. The number of aliphatic carboxylic acids is 1. The van der Waals surface area contributed by atoms with Crippen LogP contribution in [0.15, 0.2) is 18.2 Å². The SMILES string of the molecule is Cc1cc(C)cc(NC(=O)CC2SCC(C(=O)O)NC2=O)c1. The summed E-state index contributed by atoms with van der Waals surface area (Å²) in [6, 6.07) is 4.85. The number of thioether (sulfide) groups is 1. The minimum Gasteiger partial charge on any atom is -0.480 e. The second-order valence-electron chi connectivity index (χ2n) is 5.35. The molecule has 1 aromatic carbocycles. The van der Waals surface area contributed by atoms with Gasteiger partial charge in [0.2, 0.25) is 11.8 Å². The van der Waals surface area contributed by atoms with Crippen LogP contribution >= 0.6 is 11.8 Å². The van der Waals surface area contributed by atoms with Crippen LogP contribution in [0.4, 0.5) is 5.69 Å². The van der Waals surface area contributed by atoms with Crippen molar-refractivity contribution in [2.45, 2.75) is 31.6 Å². The second kappa shape index (κ2) is 6.83. The van der Waals surface area contributed by atoms with Crippen LogP contribution in [0, 0.1) is 13.8 Å². The van der Waals surface area contributed by atoms with Crippen molar-refractivity contribution in [3.8, 4) is 0 Å². The fourth-order valence-corrected chi connectivity index (χ4v) is 3.45. The standard InChI is InChI=1S/C15H18N2O4S/c1-8-3-9(2)5-10(4-8)16-13(18)6-12-14(19)17-11(7-22-12)15(20)21/h3-5,11-12H,6-7H2,1-2H3,(H,16,18)(H,17,19)(H,20,21). The summed E-state index contributed by atoms with van der Waals surface area (Å²) >= 11 is 1.20. The first kappa shape index (κ1) is 16.4. The first-order chi connectivity index (χ1) is 10.3. The van der Waals surface area contributed by atoms with E-state index in [1.54, 1.807) is 0 Å². The molecule has 0 aromatic heterocycles. The maximum absolute atomic E-state index is 12.0. The molecule has 2 amide bonds. The van der Waals surface area contributed by atoms with Crippen LogP contribution in [0.25, 0.3) is 0 Å². The number of amides is 2. The van der Waals surface area contributed by atoms with Crippen molar-refractivity contribution >= 4 is 35.2 Å². The lowest BCUT2D eigenvalue weighted by Gasteiger charge is -2.25. The number of hydrogen-bond acceptors (Lipinski definition) is 4. The molecule has 7 heteroatoms. The van der Waals surface area contributed by atoms with Gasteiger partial charge in [-0.3, -0.25) is 9.59 Å². The highest BCUT2D eigenvalue weighted by Gasteiger charge is 2.33. The van der Waals surface area contributed by atoms with Crippen LogP contribution in [0.3, 0.4) is 0 Å². The smallest absolute Gasteiger partial charge is 0.327 e. The molecular formula is C15H18N2O4S. The predicted octanol–water partition coefficient (Wildman–Crippen LogP) is 1.32. The number of carbonyl (C=O) groups excluding carboxylic acids is 2. The van der Waals surface area contributed by atoms with E-state index in [-0.39, 0.29) is 18.1 Å². The number of hydrogen-bond donors (Lipinski definition) is 3. The number of carboxylic acids is 1. The monoisotopic (exact) mass is 322 g/mol. The quantitative estimate of drug-likeness (QED) is 0.777. The van der Waals surface area contributed by atoms with E-state index in [2.05, 4.69) is 10.6 Å². The van der Waals surface area contributed by atoms with Gasteiger partial charge in [0.15, 0.2) is 0 Å². The summed E-state index contributed by atoms with van der Waals surface area (Å²) < 4.78 is 0. The lowest BCUT2D eigenvalue weighted by molar-refractivity contribution is -0.141. The zero-order chi connectivity index (χ0) is 16.3. The lowest BCUT2D eigenvalue weighted by atomic mass is 10.1. The highest BCUT2D eigenvalue weighted by molar-refractivity contribution is 8.00. The first-order valence-corrected chi connectivity index (χ1v) is 7.93. The molecule has 1 fully saturated rings. The van der Waals surface area contributed by atoms with Gasteiger partial charge in [-0.2, -0.15) is 0 Å². The highest BCUT2D eigenvalue weighted by Crippen LogP contribution is 2.22. The van der Waals surface area contributed by atoms with Crippen LogP contribution in [0.2, 0.25) is 0 Å². The lowest BCUT2D eigenvalue weighted by Crippen LogP contribution is -2.51. The van der Waals surface area contributed by atoms with Crippen molar-refractivity contribution in [3.63, 3.8) is 0 Å². The van der Waals surface area contributed by atoms with Crippen LogP contribution < -0.4 is 10.6 Å². The van der Waals surface area contributed by atoms with Crippen LogP contribution in [0.5, 0.6) is 0 Å². The average molecular weight is 322 g/mol. The predicted molar refractivity (Wildman–Crippen MR) is 85.0 cm³/mol. The number of anilines is 1. The van der Waals surface area contributed by atoms with Gasteiger partial charge >= 0.3 is 5.97 Å². The normalized spacial score (nSPS) is 21.1. The van der Waals surface area contributed by atoms with E-state index in [9.17, 15) is 14.4 Å². The van der Waals surface area contributed by atoms with Crippen LogP contribution in [-0.2, 0) is 14.4 Å². The summed E-state index contributed by atoms with van der Waals surface area (Å²) in [5.74, 6) is -1.45. The molecule has 0 aliphatic carbocycles. The molecule has 1 aliphatic heterocycles. The molecule has 0 saturated carbocycles. The van der Waals surface area contributed by atoms with Crippen molar-refractivity contribution in [2.75, 3.05) is 11.1 Å². The number of nitrogens with one attached hydrogen (secondary N) is 2. The molecule has 2 atom stereocenters. The third kappa shape index (κ3) is 4.24. The molecule has 6 nitrogen and oxygen atoms in total. The summed E-state index contributed by atoms with van der Waals surface area (Å²) in [4.78, 5) is 34.7. The molecule has 3 N–H and O–H groups in total. The number of carboxylic acid groups (broad SMARTS) is 1. The topological polar surface area (TPSA) is 95.5 Å². The maximum atomic E-state index is 12.0. The zero-order valence-corrected chi connectivity index (χ0v) is 13.2. The van der Waals surface area contributed by atoms with Gasteiger partial charge in [0.1, 0.15) is 6.04 Å². The molecule has 2 rings (SSSR count). The molecule has 0 spiro atoms. The number of benzene rings is 1. The molecule has 1 aliphatic rings. The fraction of sp³-hybridized carbons (Fsp3) is 0.400. The Kier molecular flexibility index (Phi) is 5.07. The van der Waals surface area contributed by atoms with Gasteiger partial charge in [-0.15, -0.1) is 11.8 Å². The van der Waals surface area contributed by atoms with Crippen molar-refractivity contribution in [1.82, 2.24) is 5.32 Å². The van der Waals surface area contributed by atoms with Crippen LogP contribution in [0.1, 0.15) is 17.5 Å². The van der Waals surface area contributed by atoms with Crippen molar-refractivity contribution in [1.29, 1.82) is 0 Å². The number of rotatable bonds is 4. The van der Waals surface area contributed by atoms with Gasteiger partial charge in [-0.25, -0.2) is 4.79 Å². The van der Waals surface area contributed by atoms with E-state index in [1.807, 2.05) is 32.0 Å². The Hall–Kier alpha value is -2.02. The molecule has 0 bridgehead atoms. The van der Waals surface area contributed by atoms with Gasteiger partial charge in [-0.05, 0) is 37.1 Å². The van der Waals surface area contributed by atoms with E-state index in [1.165, 1.54) is 11.8 Å². The molecule has 1 heterocycles. The largest absolute Gasteiger partial charge is 0.480 e. The third-order valence-electron chi connectivity index (χ3n) is 3.25. The Morgan fingerprint density at radius 2 is 1.95 bits per heavy atom. The van der Waals surface area contributed by atoms with Crippen molar-refractivity contribution in [3.05, 3.63) is 29.3 Å². The Balaban J connectivity index is 1.92. The van der Waals surface area contributed by atoms with E-state index in [0.29, 0.717) is 5.69 Å². The van der Waals surface area contributed by atoms with Crippen molar-refractivity contribution < 1.29 is 19.5 Å². The number of carbonyl (C=O) groups is 3. The maximum Gasteiger partial charge on any atom is 0.327 e. The Bertz CT molecular complexity index is 597. The van der Waals surface area contributed by atoms with Crippen molar-refractivity contribution in [2.24, 2.45) is 0 Å². The molecule has 1 saturated heterocycles. The molecule has 1 aromatic rings. The van der Waals surface area contributed by atoms with E-state index < -0.39 is 23.2 Å². The molecular weight excluding hydrogens is 304 g/mol. The Labute approximate surface area is 132 Å². The number of aryl methyl sites for hydroxylation is 2. The van der Waals surface area contributed by atoms with E-state index >= 15 is 0 Å². The van der Waals surface area contributed by atoms with Gasteiger partial charge < -0.3 is 15.7 Å². The zero-order valence-electron chi connectivity index (χ0n) is 12.4. The Morgan fingerprint density at radius 3 is 2.50 bits per heavy atom. The van der Waals surface area contributed by atoms with E-state index in [4.69, 9.17) is 5.11 Å². The highest BCUT2D eigenvalue weighted by atomic mass is 32.2. The van der Waals surface area contributed by atoms with Gasteiger partial charge in [0.05, 0.1) is 5.25 Å². The molecule has 2 unspecified atom stereocenters. The fourth-order valence-electron chi connectivity index (χ4n) is 2.31. The summed E-state index contributed by atoms with van der Waals surface area (Å²) in [5, 5.41) is 13.5. The average Bonchev–Trinajstić information content (AvgIpc) is 2.39. The summed E-state index contributed by atoms with van der Waals surface area (Å²) in [5.41, 5.74) is 2.79. The second-order valence-corrected chi connectivity index (χ2v) is 6.59. The Morgan fingerprint density at radius 1 is 1.32 bits per heavy atom. The van der Waals surface area contributed by atoms with E-state index in [0.717, 1.165) is 11.1 Å². The minimum absolute atomic E-state index is 0.0236. The minimum atomic E-state index is -1.06. The summed E-state index contributed by atoms with van der Waals surface area (Å²) in [6.07, 6.45) is 0.0236. The van der Waals surface area contributed by atoms with Gasteiger partial charge in [0, 0.05) is 17.9 Å². The molecule has 118 valence electrons. The van der Waals surface area contributed by atoms with Crippen LogP contribution in [-0.4, -0.2) is 39.9 Å². The molecule has 22 heavy (non-hydrogen) atoms. The van der Waals surface area contributed by atoms with Gasteiger partial charge in [-0.1, -0.05) is 6.07 Å². The summed E-state index contributed by atoms with van der Waals surface area (Å²) in [6.45, 7) is 3.89. The summed E-state index contributed by atoms with van der Waals surface area (Å²) in [7, 11) is 0.